The molecular formula is C26H27N3O2S. The molecule has 0 aliphatic carbocycles. The second-order valence-electron chi connectivity index (χ2n) is 8.48. The molecule has 5 nitrogen and oxygen atoms in total. The van der Waals surface area contributed by atoms with Crippen LogP contribution in [-0.2, 0) is 22.0 Å². The van der Waals surface area contributed by atoms with Crippen LogP contribution < -0.4 is 4.72 Å². The van der Waals surface area contributed by atoms with E-state index in [-0.39, 0.29) is 4.90 Å². The summed E-state index contributed by atoms with van der Waals surface area (Å²) in [6.45, 7) is 6.06. The predicted molar refractivity (Wildman–Crippen MR) is 129 cm³/mol. The SMILES string of the molecule is Cc1nn(C(C)(C)Cc2ccccc2)c(NS(=O)(=O)c2ccccc2)c1-c1ccccc1. The highest BCUT2D eigenvalue weighted by Crippen LogP contribution is 2.37. The molecule has 3 aromatic carbocycles. The van der Waals surface area contributed by atoms with Crippen LogP contribution in [0.2, 0.25) is 0 Å². The Morgan fingerprint density at radius 3 is 1.97 bits per heavy atom. The number of rotatable bonds is 7. The summed E-state index contributed by atoms with van der Waals surface area (Å²) in [7, 11) is -3.80. The van der Waals surface area contributed by atoms with Crippen molar-refractivity contribution in [3.05, 3.63) is 102 Å². The average Bonchev–Trinajstić information content (AvgIpc) is 3.11. The van der Waals surface area contributed by atoms with Gasteiger partial charge in [0.05, 0.1) is 16.1 Å². The molecule has 0 fully saturated rings. The van der Waals surface area contributed by atoms with Crippen molar-refractivity contribution < 1.29 is 8.42 Å². The lowest BCUT2D eigenvalue weighted by atomic mass is 9.95. The van der Waals surface area contributed by atoms with Crippen molar-refractivity contribution in [3.63, 3.8) is 0 Å². The molecule has 0 saturated heterocycles. The molecule has 0 atom stereocenters. The van der Waals surface area contributed by atoms with E-state index in [0.29, 0.717) is 12.2 Å². The van der Waals surface area contributed by atoms with E-state index in [2.05, 4.69) is 30.7 Å². The fraction of sp³-hybridized carbons (Fsp3) is 0.192. The van der Waals surface area contributed by atoms with Gasteiger partial charge in [-0.25, -0.2) is 13.1 Å². The van der Waals surface area contributed by atoms with Gasteiger partial charge in [0.2, 0.25) is 0 Å². The Bertz CT molecular complexity index is 1300. The zero-order valence-corrected chi connectivity index (χ0v) is 19.3. The maximum Gasteiger partial charge on any atom is 0.263 e. The Hall–Kier alpha value is -3.38. The van der Waals surface area contributed by atoms with Crippen LogP contribution in [-0.4, -0.2) is 18.2 Å². The van der Waals surface area contributed by atoms with Gasteiger partial charge in [0, 0.05) is 5.56 Å². The minimum atomic E-state index is -3.80. The van der Waals surface area contributed by atoms with Crippen molar-refractivity contribution in [3.8, 4) is 11.1 Å². The summed E-state index contributed by atoms with van der Waals surface area (Å²) in [6, 6.07) is 28.3. The lowest BCUT2D eigenvalue weighted by Crippen LogP contribution is -2.32. The molecule has 0 bridgehead atoms. The van der Waals surface area contributed by atoms with Gasteiger partial charge in [0.15, 0.2) is 0 Å². The summed E-state index contributed by atoms with van der Waals surface area (Å²) in [5, 5.41) is 4.82. The summed E-state index contributed by atoms with van der Waals surface area (Å²) in [5.41, 5.74) is 3.14. The largest absolute Gasteiger partial charge is 0.263 e. The molecule has 6 heteroatoms. The first-order valence-electron chi connectivity index (χ1n) is 10.6. The molecule has 32 heavy (non-hydrogen) atoms. The van der Waals surface area contributed by atoms with Crippen molar-refractivity contribution in [1.82, 2.24) is 9.78 Å². The first-order valence-corrected chi connectivity index (χ1v) is 12.0. The van der Waals surface area contributed by atoms with Gasteiger partial charge < -0.3 is 0 Å². The van der Waals surface area contributed by atoms with Crippen LogP contribution in [0.4, 0.5) is 5.82 Å². The Morgan fingerprint density at radius 2 is 1.38 bits per heavy atom. The molecule has 164 valence electrons. The highest BCUT2D eigenvalue weighted by atomic mass is 32.2. The fourth-order valence-electron chi connectivity index (χ4n) is 3.97. The number of nitrogens with one attached hydrogen (secondary N) is 1. The van der Waals surface area contributed by atoms with Gasteiger partial charge in [0.1, 0.15) is 5.82 Å². The quantitative estimate of drug-likeness (QED) is 0.401. The molecule has 1 N–H and O–H groups in total. The topological polar surface area (TPSA) is 64.0 Å². The van der Waals surface area contributed by atoms with Gasteiger partial charge in [-0.15, -0.1) is 0 Å². The summed E-state index contributed by atoms with van der Waals surface area (Å²) in [6.07, 6.45) is 0.698. The summed E-state index contributed by atoms with van der Waals surface area (Å²) < 4.78 is 31.2. The van der Waals surface area contributed by atoms with Crippen LogP contribution >= 0.6 is 0 Å². The van der Waals surface area contributed by atoms with Crippen LogP contribution in [0.5, 0.6) is 0 Å². The second kappa shape index (κ2) is 8.63. The number of anilines is 1. The maximum atomic E-state index is 13.3. The van der Waals surface area contributed by atoms with Gasteiger partial charge >= 0.3 is 0 Å². The fourth-order valence-corrected chi connectivity index (χ4v) is 5.04. The molecular weight excluding hydrogens is 418 g/mol. The highest BCUT2D eigenvalue weighted by molar-refractivity contribution is 7.92. The summed E-state index contributed by atoms with van der Waals surface area (Å²) >= 11 is 0. The summed E-state index contributed by atoms with van der Waals surface area (Å²) in [5.74, 6) is 0.471. The third-order valence-corrected chi connectivity index (χ3v) is 6.82. The third kappa shape index (κ3) is 4.46. The maximum absolute atomic E-state index is 13.3. The van der Waals surface area contributed by atoms with Crippen molar-refractivity contribution >= 4 is 15.8 Å². The van der Waals surface area contributed by atoms with Crippen LogP contribution in [0.25, 0.3) is 11.1 Å². The first kappa shape index (κ1) is 21.8. The van der Waals surface area contributed by atoms with Gasteiger partial charge in [-0.3, -0.25) is 4.72 Å². The van der Waals surface area contributed by atoms with Crippen molar-refractivity contribution in [2.75, 3.05) is 4.72 Å². The smallest absolute Gasteiger partial charge is 0.263 e. The predicted octanol–water partition coefficient (Wildman–Crippen LogP) is 5.64. The van der Waals surface area contributed by atoms with Crippen LogP contribution in [0.15, 0.2) is 95.9 Å². The van der Waals surface area contributed by atoms with E-state index in [1.54, 1.807) is 30.3 Å². The monoisotopic (exact) mass is 445 g/mol. The molecule has 0 unspecified atom stereocenters. The molecule has 4 aromatic rings. The van der Waals surface area contributed by atoms with Gasteiger partial charge in [0.25, 0.3) is 10.0 Å². The number of hydrogen-bond acceptors (Lipinski definition) is 3. The zero-order chi connectivity index (χ0) is 22.8. The molecule has 0 amide bonds. The first-order chi connectivity index (χ1) is 15.3. The minimum Gasteiger partial charge on any atom is -0.263 e. The Kier molecular flexibility index (Phi) is 5.89. The van der Waals surface area contributed by atoms with Gasteiger partial charge in [-0.1, -0.05) is 78.9 Å². The molecule has 0 spiro atoms. The Morgan fingerprint density at radius 1 is 0.844 bits per heavy atom. The van der Waals surface area contributed by atoms with E-state index in [4.69, 9.17) is 5.10 Å². The normalized spacial score (nSPS) is 12.0. The van der Waals surface area contributed by atoms with E-state index in [1.165, 1.54) is 0 Å². The van der Waals surface area contributed by atoms with Crippen LogP contribution in [0, 0.1) is 6.92 Å². The van der Waals surface area contributed by atoms with Crippen molar-refractivity contribution in [1.29, 1.82) is 0 Å². The highest BCUT2D eigenvalue weighted by Gasteiger charge is 2.31. The third-order valence-electron chi connectivity index (χ3n) is 5.46. The lowest BCUT2D eigenvalue weighted by Gasteiger charge is -2.28. The Balaban J connectivity index is 1.86. The van der Waals surface area contributed by atoms with E-state index in [0.717, 1.165) is 22.4 Å². The number of nitrogens with zero attached hydrogens (tertiary/aromatic N) is 2. The Labute approximate surface area is 189 Å². The molecule has 0 radical (unpaired) electrons. The van der Waals surface area contributed by atoms with E-state index in [9.17, 15) is 8.42 Å². The van der Waals surface area contributed by atoms with E-state index >= 15 is 0 Å². The van der Waals surface area contributed by atoms with Gasteiger partial charge in [-0.05, 0) is 50.5 Å². The molecule has 0 aliphatic rings. The zero-order valence-electron chi connectivity index (χ0n) is 18.5. The summed E-state index contributed by atoms with van der Waals surface area (Å²) in [4.78, 5) is 0.213. The van der Waals surface area contributed by atoms with E-state index in [1.807, 2.05) is 60.1 Å². The number of hydrogen-bond donors (Lipinski definition) is 1. The number of sulfonamides is 1. The minimum absolute atomic E-state index is 0.213. The van der Waals surface area contributed by atoms with Gasteiger partial charge in [-0.2, -0.15) is 5.10 Å². The second-order valence-corrected chi connectivity index (χ2v) is 10.2. The number of aryl methyl sites for hydroxylation is 1. The van der Waals surface area contributed by atoms with Crippen LogP contribution in [0.3, 0.4) is 0 Å². The lowest BCUT2D eigenvalue weighted by molar-refractivity contribution is 0.321. The van der Waals surface area contributed by atoms with Crippen LogP contribution in [0.1, 0.15) is 25.1 Å². The molecule has 0 saturated carbocycles. The molecule has 4 rings (SSSR count). The average molecular weight is 446 g/mol. The van der Waals surface area contributed by atoms with E-state index < -0.39 is 15.6 Å². The van der Waals surface area contributed by atoms with Crippen molar-refractivity contribution in [2.45, 2.75) is 37.6 Å². The standard InChI is InChI=1S/C26H27N3O2S/c1-20-24(22-15-9-5-10-16-22)25(28-32(30,31)23-17-11-6-12-18-23)29(27-20)26(2,3)19-21-13-7-4-8-14-21/h4-18,28H,19H2,1-3H3. The number of benzene rings is 3. The molecule has 1 heterocycles. The molecule has 1 aromatic heterocycles. The number of aromatic nitrogens is 2. The molecule has 0 aliphatic heterocycles. The van der Waals surface area contributed by atoms with Crippen molar-refractivity contribution in [2.24, 2.45) is 0 Å².